The lowest BCUT2D eigenvalue weighted by atomic mass is 9.91. The second-order valence-electron chi connectivity index (χ2n) is 13.3. The number of benzene rings is 3. The molecule has 0 saturated carbocycles. The average molecular weight is 703 g/mol. The van der Waals surface area contributed by atoms with E-state index in [0.717, 1.165) is 27.1 Å². The first-order valence-electron chi connectivity index (χ1n) is 16.8. The molecule has 2 amide bonds. The quantitative estimate of drug-likeness (QED) is 0.175. The molecule has 260 valence electrons. The van der Waals surface area contributed by atoms with Crippen LogP contribution in [0.3, 0.4) is 0 Å². The van der Waals surface area contributed by atoms with Gasteiger partial charge in [-0.25, -0.2) is 9.67 Å². The van der Waals surface area contributed by atoms with Gasteiger partial charge >= 0.3 is 0 Å². The van der Waals surface area contributed by atoms with Gasteiger partial charge in [-0.1, -0.05) is 55.5 Å². The molecule has 4 atom stereocenters. The number of aliphatic hydroxyl groups excluding tert-OH is 1. The molecular weight excluding hydrogens is 665 g/mol. The molecular formula is C38H38N8O4S. The molecule has 13 heteroatoms. The number of likely N-dealkylation sites (tertiary alicyclic amines) is 1. The summed E-state index contributed by atoms with van der Waals surface area (Å²) in [5.74, 6) is -1.36. The van der Waals surface area contributed by atoms with Crippen molar-refractivity contribution in [1.82, 2.24) is 40.4 Å². The third kappa shape index (κ3) is 6.82. The van der Waals surface area contributed by atoms with E-state index in [2.05, 4.69) is 30.8 Å². The molecule has 0 aliphatic carbocycles. The summed E-state index contributed by atoms with van der Waals surface area (Å²) in [4.78, 5) is 34.8. The van der Waals surface area contributed by atoms with Crippen molar-refractivity contribution in [2.24, 2.45) is 5.92 Å². The molecule has 51 heavy (non-hydrogen) atoms. The van der Waals surface area contributed by atoms with E-state index in [1.54, 1.807) is 40.4 Å². The van der Waals surface area contributed by atoms with E-state index >= 15 is 0 Å². The number of fused-ring (bicyclic) bond motifs is 1. The number of nitrogens with zero attached hydrogens (tertiary/aromatic N) is 7. The highest BCUT2D eigenvalue weighted by atomic mass is 32.1. The second kappa shape index (κ2) is 14.0. The summed E-state index contributed by atoms with van der Waals surface area (Å²) in [6.07, 6.45) is 1.05. The maximum Gasteiger partial charge on any atom is 0.243 e. The van der Waals surface area contributed by atoms with Gasteiger partial charge in [-0.05, 0) is 67.3 Å². The maximum atomic E-state index is 14.2. The standard InChI is InChI=1S/C38H38N8O4S/c1-21(2)35(32-19-46(44-43-32)27-13-14-30-26(15-27)16-31(42-41-30)29-7-5-6-8-34(29)48)38(50)45-18-28(47)17-33(45)37(49)40-22(3)24-9-11-25(12-10-24)36-23(4)39-20-51-36/h5-16,19-22,28,33,35,47-48H,17-18H2,1-4H3,(H,40,49)/t22?,28-,33+,35?/m1/s1. The first-order chi connectivity index (χ1) is 24.6. The fourth-order valence-corrected chi connectivity index (χ4v) is 7.49. The number of carbonyl (C=O) groups excluding carboxylic acids is 2. The Morgan fingerprint density at radius 1 is 0.980 bits per heavy atom. The molecule has 1 aliphatic rings. The molecule has 1 fully saturated rings. The number of phenolic OH excluding ortho intramolecular Hbond substituents is 1. The number of hydrogen-bond donors (Lipinski definition) is 3. The van der Waals surface area contributed by atoms with Crippen LogP contribution in [0.1, 0.15) is 56.1 Å². The molecule has 0 spiro atoms. The van der Waals surface area contributed by atoms with Crippen LogP contribution in [0.4, 0.5) is 0 Å². The van der Waals surface area contributed by atoms with Gasteiger partial charge in [0, 0.05) is 23.9 Å². The third-order valence-electron chi connectivity index (χ3n) is 9.42. The smallest absolute Gasteiger partial charge is 0.243 e. The van der Waals surface area contributed by atoms with Crippen LogP contribution in [-0.2, 0) is 9.59 Å². The highest BCUT2D eigenvalue weighted by molar-refractivity contribution is 7.13. The number of aromatic nitrogens is 6. The minimum atomic E-state index is -0.829. The number of β-amino-alcohol motifs (C(OH)–C–C–N with tert-alkyl or cyclic N) is 1. The Morgan fingerprint density at radius 3 is 2.49 bits per heavy atom. The molecule has 0 bridgehead atoms. The van der Waals surface area contributed by atoms with Gasteiger partial charge in [0.05, 0.1) is 62.9 Å². The minimum absolute atomic E-state index is 0.0522. The van der Waals surface area contributed by atoms with Crippen LogP contribution in [0.15, 0.2) is 84.5 Å². The Labute approximate surface area is 298 Å². The Kier molecular flexibility index (Phi) is 9.32. The van der Waals surface area contributed by atoms with Gasteiger partial charge in [-0.15, -0.1) is 26.6 Å². The summed E-state index contributed by atoms with van der Waals surface area (Å²) in [7, 11) is 0. The fourth-order valence-electron chi connectivity index (χ4n) is 6.68. The Morgan fingerprint density at radius 2 is 1.76 bits per heavy atom. The summed E-state index contributed by atoms with van der Waals surface area (Å²) in [5.41, 5.74) is 7.73. The SMILES string of the molecule is Cc1ncsc1-c1ccc(C(C)NC(=O)[C@@H]2C[C@@H](O)CN2C(=O)C(c2cn(-c3ccc4nnc(-c5ccccc5O)cc4c3)nn2)C(C)C)cc1. The highest BCUT2D eigenvalue weighted by Crippen LogP contribution is 2.33. The number of thiazole rings is 1. The number of rotatable bonds is 9. The number of aliphatic hydroxyl groups is 1. The number of phenols is 1. The van der Waals surface area contributed by atoms with Crippen LogP contribution in [0, 0.1) is 12.8 Å². The van der Waals surface area contributed by atoms with Crippen LogP contribution in [0.25, 0.3) is 38.3 Å². The number of carbonyl (C=O) groups is 2. The van der Waals surface area contributed by atoms with Crippen molar-refractivity contribution in [2.75, 3.05) is 6.54 Å². The maximum absolute atomic E-state index is 14.2. The molecule has 7 rings (SSSR count). The molecule has 1 aliphatic heterocycles. The molecule has 4 heterocycles. The lowest BCUT2D eigenvalue weighted by Gasteiger charge is -2.29. The number of hydrogen-bond acceptors (Lipinski definition) is 10. The highest BCUT2D eigenvalue weighted by Gasteiger charge is 2.43. The van der Waals surface area contributed by atoms with Gasteiger partial charge in [-0.3, -0.25) is 9.59 Å². The summed E-state index contributed by atoms with van der Waals surface area (Å²) >= 11 is 1.59. The zero-order valence-electron chi connectivity index (χ0n) is 28.6. The number of nitrogens with one attached hydrogen (secondary N) is 1. The molecule has 2 unspecified atom stereocenters. The van der Waals surface area contributed by atoms with Crippen molar-refractivity contribution in [3.05, 3.63) is 101 Å². The van der Waals surface area contributed by atoms with Crippen molar-refractivity contribution in [3.63, 3.8) is 0 Å². The van der Waals surface area contributed by atoms with Gasteiger partial charge in [0.2, 0.25) is 11.8 Å². The lowest BCUT2D eigenvalue weighted by molar-refractivity contribution is -0.140. The van der Waals surface area contributed by atoms with E-state index in [1.807, 2.05) is 87.8 Å². The van der Waals surface area contributed by atoms with Crippen LogP contribution in [0.5, 0.6) is 5.75 Å². The fraction of sp³-hybridized carbons (Fsp3) is 0.289. The first kappa shape index (κ1) is 33.9. The van der Waals surface area contributed by atoms with Crippen molar-refractivity contribution < 1.29 is 19.8 Å². The molecule has 3 N–H and O–H groups in total. The molecule has 6 aromatic rings. The van der Waals surface area contributed by atoms with E-state index in [0.29, 0.717) is 28.2 Å². The van der Waals surface area contributed by atoms with E-state index in [9.17, 15) is 19.8 Å². The second-order valence-corrected chi connectivity index (χ2v) is 14.2. The largest absolute Gasteiger partial charge is 0.507 e. The summed E-state index contributed by atoms with van der Waals surface area (Å²) in [6.45, 7) is 7.80. The van der Waals surface area contributed by atoms with Crippen LogP contribution >= 0.6 is 11.3 Å². The van der Waals surface area contributed by atoms with E-state index in [-0.39, 0.29) is 42.5 Å². The van der Waals surface area contributed by atoms with Gasteiger partial charge in [0.15, 0.2) is 0 Å². The topological polar surface area (TPSA) is 159 Å². The number of para-hydroxylation sites is 1. The number of aromatic hydroxyl groups is 1. The summed E-state index contributed by atoms with van der Waals surface area (Å²) in [5, 5.41) is 42.2. The monoisotopic (exact) mass is 702 g/mol. The normalized spacial score (nSPS) is 17.2. The predicted octanol–water partition coefficient (Wildman–Crippen LogP) is 5.59. The van der Waals surface area contributed by atoms with Crippen molar-refractivity contribution in [1.29, 1.82) is 0 Å². The number of amides is 2. The van der Waals surface area contributed by atoms with Crippen LogP contribution in [-0.4, -0.2) is 75.8 Å². The van der Waals surface area contributed by atoms with Crippen LogP contribution < -0.4 is 5.32 Å². The Hall–Kier alpha value is -5.53. The third-order valence-corrected chi connectivity index (χ3v) is 10.4. The summed E-state index contributed by atoms with van der Waals surface area (Å²) in [6, 6.07) is 21.2. The van der Waals surface area contributed by atoms with E-state index < -0.39 is 18.1 Å². The van der Waals surface area contributed by atoms with Crippen LogP contribution in [0.2, 0.25) is 0 Å². The molecule has 12 nitrogen and oxygen atoms in total. The van der Waals surface area contributed by atoms with Crippen molar-refractivity contribution in [3.8, 4) is 33.1 Å². The van der Waals surface area contributed by atoms with Gasteiger partial charge in [-0.2, -0.15) is 0 Å². The molecule has 0 radical (unpaired) electrons. The molecule has 3 aromatic carbocycles. The van der Waals surface area contributed by atoms with Gasteiger partial charge in [0.25, 0.3) is 0 Å². The Bertz CT molecular complexity index is 2220. The van der Waals surface area contributed by atoms with Crippen molar-refractivity contribution in [2.45, 2.75) is 58.2 Å². The van der Waals surface area contributed by atoms with Crippen molar-refractivity contribution >= 4 is 34.1 Å². The van der Waals surface area contributed by atoms with E-state index in [4.69, 9.17) is 0 Å². The summed E-state index contributed by atoms with van der Waals surface area (Å²) < 4.78 is 1.60. The van der Waals surface area contributed by atoms with E-state index in [1.165, 1.54) is 4.90 Å². The van der Waals surface area contributed by atoms with Gasteiger partial charge < -0.3 is 20.4 Å². The zero-order valence-corrected chi connectivity index (χ0v) is 29.5. The average Bonchev–Trinajstić information content (AvgIpc) is 3.88. The minimum Gasteiger partial charge on any atom is -0.507 e. The molecule has 3 aromatic heterocycles. The lowest BCUT2D eigenvalue weighted by Crippen LogP contribution is -2.48. The molecule has 1 saturated heterocycles. The predicted molar refractivity (Wildman–Crippen MR) is 194 cm³/mol. The zero-order chi connectivity index (χ0) is 35.8. The Balaban J connectivity index is 1.08. The number of aryl methyl sites for hydroxylation is 1. The first-order valence-corrected chi connectivity index (χ1v) is 17.7. The van der Waals surface area contributed by atoms with Gasteiger partial charge in [0.1, 0.15) is 11.8 Å².